The number of nitrogens with one attached hydrogen (secondary N) is 1. The predicted molar refractivity (Wildman–Crippen MR) is 56.2 cm³/mol. The zero-order valence-electron chi connectivity index (χ0n) is 9.47. The Morgan fingerprint density at radius 2 is 2.13 bits per heavy atom. The van der Waals surface area contributed by atoms with Crippen molar-refractivity contribution in [3.8, 4) is 0 Å². The second-order valence-corrected chi connectivity index (χ2v) is 5.21. The van der Waals surface area contributed by atoms with Crippen molar-refractivity contribution in [1.29, 1.82) is 0 Å². The van der Waals surface area contributed by atoms with Gasteiger partial charge >= 0.3 is 0 Å². The van der Waals surface area contributed by atoms with E-state index >= 15 is 0 Å². The Hall–Kier alpha value is -0.220. The van der Waals surface area contributed by atoms with Gasteiger partial charge in [-0.1, -0.05) is 0 Å². The van der Waals surface area contributed by atoms with Gasteiger partial charge in [-0.3, -0.25) is 4.90 Å². The number of hydrogen-bond acceptors (Lipinski definition) is 2. The first-order valence-electron chi connectivity index (χ1n) is 5.79. The molecule has 1 saturated heterocycles. The predicted octanol–water partition coefficient (Wildman–Crippen LogP) is 1.71. The molecule has 0 radical (unpaired) electrons. The molecule has 0 amide bonds. The molecular weight excluding hydrogens is 198 g/mol. The first-order chi connectivity index (χ1) is 7.02. The number of alkyl halides is 2. The minimum absolute atomic E-state index is 0.0387. The Labute approximate surface area is 90.0 Å². The van der Waals surface area contributed by atoms with Gasteiger partial charge in [0.15, 0.2) is 0 Å². The van der Waals surface area contributed by atoms with Crippen LogP contribution >= 0.6 is 0 Å². The average Bonchev–Trinajstić information content (AvgIpc) is 2.93. The molecule has 0 aromatic heterocycles. The molecule has 2 atom stereocenters. The summed E-state index contributed by atoms with van der Waals surface area (Å²) < 4.78 is 25.0. The fraction of sp³-hybridized carbons (Fsp3) is 1.00. The van der Waals surface area contributed by atoms with Crippen LogP contribution in [-0.4, -0.2) is 42.5 Å². The Morgan fingerprint density at radius 3 is 2.67 bits per heavy atom. The standard InChI is InChI=1S/C11H20F2N2/c1-8-5-15(6-10(12)13)11(2,7-14-8)9-3-4-9/h8-10,14H,3-7H2,1-2H3. The van der Waals surface area contributed by atoms with E-state index in [2.05, 4.69) is 19.2 Å². The summed E-state index contributed by atoms with van der Waals surface area (Å²) in [6.07, 6.45) is 0.187. The Balaban J connectivity index is 2.05. The summed E-state index contributed by atoms with van der Waals surface area (Å²) in [6, 6.07) is 0.329. The monoisotopic (exact) mass is 218 g/mol. The van der Waals surface area contributed by atoms with Crippen LogP contribution in [0.15, 0.2) is 0 Å². The lowest BCUT2D eigenvalue weighted by molar-refractivity contribution is -0.0104. The van der Waals surface area contributed by atoms with Gasteiger partial charge in [0.05, 0.1) is 6.54 Å². The number of halogens is 2. The summed E-state index contributed by atoms with van der Waals surface area (Å²) >= 11 is 0. The molecule has 0 aromatic carbocycles. The van der Waals surface area contributed by atoms with E-state index in [1.54, 1.807) is 0 Å². The molecule has 1 aliphatic carbocycles. The van der Waals surface area contributed by atoms with Crippen molar-refractivity contribution in [3.63, 3.8) is 0 Å². The van der Waals surface area contributed by atoms with E-state index in [1.807, 2.05) is 4.90 Å². The second kappa shape index (κ2) is 3.98. The normalized spacial score (nSPS) is 38.6. The molecule has 2 unspecified atom stereocenters. The lowest BCUT2D eigenvalue weighted by atomic mass is 9.90. The largest absolute Gasteiger partial charge is 0.311 e. The fourth-order valence-electron chi connectivity index (χ4n) is 2.65. The van der Waals surface area contributed by atoms with Crippen LogP contribution in [0.5, 0.6) is 0 Å². The zero-order valence-corrected chi connectivity index (χ0v) is 9.47. The molecule has 15 heavy (non-hydrogen) atoms. The first kappa shape index (κ1) is 11.3. The average molecular weight is 218 g/mol. The Morgan fingerprint density at radius 1 is 1.47 bits per heavy atom. The maximum Gasteiger partial charge on any atom is 0.251 e. The molecule has 2 aliphatic rings. The summed E-state index contributed by atoms with van der Waals surface area (Å²) in [5, 5.41) is 3.41. The number of hydrogen-bond donors (Lipinski definition) is 1. The van der Waals surface area contributed by atoms with Crippen molar-refractivity contribution in [2.75, 3.05) is 19.6 Å². The van der Waals surface area contributed by atoms with Crippen molar-refractivity contribution >= 4 is 0 Å². The number of rotatable bonds is 3. The molecule has 4 heteroatoms. The SMILES string of the molecule is CC1CN(CC(F)F)C(C)(C2CC2)CN1. The van der Waals surface area contributed by atoms with Crippen LogP contribution in [-0.2, 0) is 0 Å². The van der Waals surface area contributed by atoms with Gasteiger partial charge in [0.1, 0.15) is 0 Å². The Bertz CT molecular complexity index is 229. The number of piperazine rings is 1. The zero-order chi connectivity index (χ0) is 11.1. The molecule has 88 valence electrons. The molecule has 0 spiro atoms. The second-order valence-electron chi connectivity index (χ2n) is 5.21. The van der Waals surface area contributed by atoms with Gasteiger partial charge in [0, 0.05) is 24.7 Å². The topological polar surface area (TPSA) is 15.3 Å². The van der Waals surface area contributed by atoms with Crippen LogP contribution in [0.3, 0.4) is 0 Å². The summed E-state index contributed by atoms with van der Waals surface area (Å²) in [5.41, 5.74) is -0.0387. The van der Waals surface area contributed by atoms with E-state index < -0.39 is 6.43 Å². The molecular formula is C11H20F2N2. The van der Waals surface area contributed by atoms with E-state index in [0.29, 0.717) is 12.0 Å². The third-order valence-electron chi connectivity index (χ3n) is 3.84. The number of nitrogens with zero attached hydrogens (tertiary/aromatic N) is 1. The lowest BCUT2D eigenvalue weighted by Crippen LogP contribution is -2.64. The van der Waals surface area contributed by atoms with Crippen molar-refractivity contribution < 1.29 is 8.78 Å². The van der Waals surface area contributed by atoms with E-state index in [-0.39, 0.29) is 12.1 Å². The van der Waals surface area contributed by atoms with Crippen molar-refractivity contribution in [2.45, 2.75) is 44.7 Å². The third-order valence-corrected chi connectivity index (χ3v) is 3.84. The van der Waals surface area contributed by atoms with Gasteiger partial charge in [0.25, 0.3) is 6.43 Å². The maximum atomic E-state index is 12.5. The van der Waals surface area contributed by atoms with Crippen LogP contribution in [0.2, 0.25) is 0 Å². The molecule has 0 aromatic rings. The van der Waals surface area contributed by atoms with E-state index in [4.69, 9.17) is 0 Å². The van der Waals surface area contributed by atoms with Crippen LogP contribution in [0.25, 0.3) is 0 Å². The van der Waals surface area contributed by atoms with Gasteiger partial charge in [-0.15, -0.1) is 0 Å². The van der Waals surface area contributed by atoms with Crippen molar-refractivity contribution in [1.82, 2.24) is 10.2 Å². The third kappa shape index (κ3) is 2.31. The molecule has 1 saturated carbocycles. The van der Waals surface area contributed by atoms with Gasteiger partial charge in [-0.2, -0.15) is 0 Å². The van der Waals surface area contributed by atoms with Crippen LogP contribution in [0, 0.1) is 5.92 Å². The van der Waals surface area contributed by atoms with Crippen molar-refractivity contribution in [2.24, 2.45) is 5.92 Å². The smallest absolute Gasteiger partial charge is 0.251 e. The quantitative estimate of drug-likeness (QED) is 0.776. The molecule has 1 heterocycles. The highest BCUT2D eigenvalue weighted by Crippen LogP contribution is 2.44. The maximum absolute atomic E-state index is 12.5. The minimum Gasteiger partial charge on any atom is -0.311 e. The first-order valence-corrected chi connectivity index (χ1v) is 5.79. The Kier molecular flexibility index (Phi) is 2.99. The van der Waals surface area contributed by atoms with E-state index in [1.165, 1.54) is 12.8 Å². The van der Waals surface area contributed by atoms with Gasteiger partial charge in [0.2, 0.25) is 0 Å². The summed E-state index contributed by atoms with van der Waals surface area (Å²) in [4.78, 5) is 2.00. The van der Waals surface area contributed by atoms with E-state index in [0.717, 1.165) is 13.1 Å². The highest BCUT2D eigenvalue weighted by molar-refractivity contribution is 5.04. The van der Waals surface area contributed by atoms with E-state index in [9.17, 15) is 8.78 Å². The van der Waals surface area contributed by atoms with Crippen LogP contribution in [0.1, 0.15) is 26.7 Å². The molecule has 1 N–H and O–H groups in total. The van der Waals surface area contributed by atoms with Gasteiger partial charge < -0.3 is 5.32 Å². The fourth-order valence-corrected chi connectivity index (χ4v) is 2.65. The molecule has 2 rings (SSSR count). The minimum atomic E-state index is -2.21. The summed E-state index contributed by atoms with van der Waals surface area (Å²) in [6.45, 7) is 5.72. The lowest BCUT2D eigenvalue weighted by Gasteiger charge is -2.48. The highest BCUT2D eigenvalue weighted by atomic mass is 19.3. The molecule has 2 fully saturated rings. The van der Waals surface area contributed by atoms with Gasteiger partial charge in [-0.25, -0.2) is 8.78 Å². The van der Waals surface area contributed by atoms with Crippen LogP contribution < -0.4 is 5.32 Å². The summed E-state index contributed by atoms with van der Waals surface area (Å²) in [7, 11) is 0. The molecule has 1 aliphatic heterocycles. The van der Waals surface area contributed by atoms with Crippen LogP contribution in [0.4, 0.5) is 8.78 Å². The highest BCUT2D eigenvalue weighted by Gasteiger charge is 2.48. The summed E-state index contributed by atoms with van der Waals surface area (Å²) in [5.74, 6) is 0.622. The van der Waals surface area contributed by atoms with Gasteiger partial charge in [-0.05, 0) is 32.6 Å². The molecule has 2 nitrogen and oxygen atoms in total. The molecule has 0 bridgehead atoms. The van der Waals surface area contributed by atoms with Crippen molar-refractivity contribution in [3.05, 3.63) is 0 Å².